The molecule has 1 atom stereocenters. The normalized spacial score (nSPS) is 13.5. The van der Waals surface area contributed by atoms with Crippen LogP contribution in [-0.4, -0.2) is 9.55 Å². The van der Waals surface area contributed by atoms with E-state index in [-0.39, 0.29) is 11.9 Å². The highest BCUT2D eigenvalue weighted by atomic mass is 19.1. The third-order valence-corrected chi connectivity index (χ3v) is 3.20. The molecule has 0 aliphatic heterocycles. The number of hydrogen-bond acceptors (Lipinski definition) is 2. The molecule has 0 saturated carbocycles. The Morgan fingerprint density at radius 1 is 1.41 bits per heavy atom. The maximum absolute atomic E-state index is 13.3. The number of imidazole rings is 1. The van der Waals surface area contributed by atoms with Gasteiger partial charge >= 0.3 is 0 Å². The van der Waals surface area contributed by atoms with Gasteiger partial charge in [-0.3, -0.25) is 0 Å². The number of anilines is 1. The van der Waals surface area contributed by atoms with E-state index in [0.29, 0.717) is 11.9 Å². The molecule has 1 aromatic heterocycles. The second-order valence-electron chi connectivity index (χ2n) is 4.69. The van der Waals surface area contributed by atoms with E-state index < -0.39 is 0 Å². The molecule has 2 aromatic rings. The smallest absolute Gasteiger partial charge is 0.201 e. The van der Waals surface area contributed by atoms with Crippen molar-refractivity contribution in [3.05, 3.63) is 24.0 Å². The van der Waals surface area contributed by atoms with E-state index in [0.717, 1.165) is 17.5 Å². The van der Waals surface area contributed by atoms with E-state index in [1.54, 1.807) is 6.07 Å². The van der Waals surface area contributed by atoms with Crippen molar-refractivity contribution >= 4 is 17.0 Å². The van der Waals surface area contributed by atoms with Crippen molar-refractivity contribution in [2.75, 3.05) is 5.73 Å². The Hall–Kier alpha value is -1.58. The molecule has 0 amide bonds. The first-order valence-electron chi connectivity index (χ1n) is 5.97. The first-order chi connectivity index (χ1) is 8.04. The Labute approximate surface area is 100 Å². The first kappa shape index (κ1) is 11.9. The fraction of sp³-hybridized carbons (Fsp3) is 0.462. The average molecular weight is 235 g/mol. The molecule has 3 nitrogen and oxygen atoms in total. The number of nitrogen functional groups attached to an aromatic ring is 1. The van der Waals surface area contributed by atoms with Gasteiger partial charge in [-0.25, -0.2) is 9.37 Å². The molecule has 0 fully saturated rings. The van der Waals surface area contributed by atoms with Crippen molar-refractivity contribution in [1.82, 2.24) is 9.55 Å². The summed E-state index contributed by atoms with van der Waals surface area (Å²) in [6, 6.07) is 4.84. The molecule has 2 rings (SSSR count). The average Bonchev–Trinajstić information content (AvgIpc) is 2.56. The number of rotatable bonds is 3. The topological polar surface area (TPSA) is 43.8 Å². The van der Waals surface area contributed by atoms with E-state index in [1.165, 1.54) is 12.1 Å². The van der Waals surface area contributed by atoms with E-state index in [1.807, 2.05) is 4.57 Å². The maximum Gasteiger partial charge on any atom is 0.201 e. The lowest BCUT2D eigenvalue weighted by atomic mass is 10.0. The number of benzene rings is 1. The van der Waals surface area contributed by atoms with Gasteiger partial charge in [0, 0.05) is 6.04 Å². The molecule has 0 aliphatic carbocycles. The van der Waals surface area contributed by atoms with Crippen LogP contribution in [-0.2, 0) is 0 Å². The summed E-state index contributed by atoms with van der Waals surface area (Å²) in [6.45, 7) is 6.38. The summed E-state index contributed by atoms with van der Waals surface area (Å²) in [7, 11) is 0. The second-order valence-corrected chi connectivity index (χ2v) is 4.69. The number of nitrogens with zero attached hydrogens (tertiary/aromatic N) is 2. The Balaban J connectivity index is 2.66. The van der Waals surface area contributed by atoms with Crippen molar-refractivity contribution < 1.29 is 4.39 Å². The monoisotopic (exact) mass is 235 g/mol. The lowest BCUT2D eigenvalue weighted by Crippen LogP contribution is -2.16. The van der Waals surface area contributed by atoms with Crippen LogP contribution in [0.4, 0.5) is 10.3 Å². The summed E-state index contributed by atoms with van der Waals surface area (Å²) in [6.07, 6.45) is 0.948. The van der Waals surface area contributed by atoms with Gasteiger partial charge in [-0.1, -0.05) is 20.8 Å². The summed E-state index contributed by atoms with van der Waals surface area (Å²) in [5, 5.41) is 0. The van der Waals surface area contributed by atoms with Crippen LogP contribution < -0.4 is 5.73 Å². The summed E-state index contributed by atoms with van der Waals surface area (Å²) in [5.41, 5.74) is 7.48. The molecular weight excluding hydrogens is 217 g/mol. The Morgan fingerprint density at radius 3 is 2.71 bits per heavy atom. The SMILES string of the molecule is CCC(C(C)C)n1c(N)nc2ccc(F)cc21. The van der Waals surface area contributed by atoms with Gasteiger partial charge in [-0.05, 0) is 30.5 Å². The summed E-state index contributed by atoms with van der Waals surface area (Å²) < 4.78 is 15.3. The van der Waals surface area contributed by atoms with Crippen molar-refractivity contribution in [2.45, 2.75) is 33.2 Å². The molecule has 0 radical (unpaired) electrons. The summed E-state index contributed by atoms with van der Waals surface area (Å²) >= 11 is 0. The van der Waals surface area contributed by atoms with Crippen molar-refractivity contribution in [3.8, 4) is 0 Å². The molecular formula is C13H18FN3. The zero-order valence-corrected chi connectivity index (χ0v) is 10.4. The minimum absolute atomic E-state index is 0.252. The van der Waals surface area contributed by atoms with Crippen LogP contribution in [0.5, 0.6) is 0 Å². The zero-order valence-electron chi connectivity index (χ0n) is 10.4. The van der Waals surface area contributed by atoms with Crippen LogP contribution in [0.25, 0.3) is 11.0 Å². The van der Waals surface area contributed by atoms with Gasteiger partial charge in [0.25, 0.3) is 0 Å². The first-order valence-corrected chi connectivity index (χ1v) is 5.97. The highest BCUT2D eigenvalue weighted by Gasteiger charge is 2.19. The molecule has 0 bridgehead atoms. The molecule has 1 aromatic carbocycles. The van der Waals surface area contributed by atoms with Gasteiger partial charge < -0.3 is 10.3 Å². The highest BCUT2D eigenvalue weighted by molar-refractivity contribution is 5.78. The van der Waals surface area contributed by atoms with Crippen molar-refractivity contribution in [1.29, 1.82) is 0 Å². The van der Waals surface area contributed by atoms with E-state index in [2.05, 4.69) is 25.8 Å². The molecule has 92 valence electrons. The fourth-order valence-electron chi connectivity index (χ4n) is 2.39. The zero-order chi connectivity index (χ0) is 12.6. The molecule has 0 aliphatic rings. The Kier molecular flexibility index (Phi) is 3.05. The van der Waals surface area contributed by atoms with Gasteiger partial charge in [-0.15, -0.1) is 0 Å². The quantitative estimate of drug-likeness (QED) is 0.886. The number of fused-ring (bicyclic) bond motifs is 1. The number of halogens is 1. The van der Waals surface area contributed by atoms with E-state index >= 15 is 0 Å². The van der Waals surface area contributed by atoms with Crippen molar-refractivity contribution in [2.24, 2.45) is 5.92 Å². The van der Waals surface area contributed by atoms with Gasteiger partial charge in [0.05, 0.1) is 11.0 Å². The van der Waals surface area contributed by atoms with Crippen LogP contribution in [0.15, 0.2) is 18.2 Å². The maximum atomic E-state index is 13.3. The highest BCUT2D eigenvalue weighted by Crippen LogP contribution is 2.29. The molecule has 1 unspecified atom stereocenters. The Morgan fingerprint density at radius 2 is 2.12 bits per heavy atom. The largest absolute Gasteiger partial charge is 0.369 e. The lowest BCUT2D eigenvalue weighted by Gasteiger charge is -2.22. The van der Waals surface area contributed by atoms with Crippen LogP contribution >= 0.6 is 0 Å². The van der Waals surface area contributed by atoms with E-state index in [4.69, 9.17) is 5.73 Å². The van der Waals surface area contributed by atoms with Crippen molar-refractivity contribution in [3.63, 3.8) is 0 Å². The Bertz CT molecular complexity index is 531. The summed E-state index contributed by atoms with van der Waals surface area (Å²) in [5.74, 6) is 0.645. The molecule has 0 spiro atoms. The van der Waals surface area contributed by atoms with Gasteiger partial charge in [0.15, 0.2) is 0 Å². The fourth-order valence-corrected chi connectivity index (χ4v) is 2.39. The van der Waals surface area contributed by atoms with Gasteiger partial charge in [-0.2, -0.15) is 0 Å². The lowest BCUT2D eigenvalue weighted by molar-refractivity contribution is 0.377. The standard InChI is InChI=1S/C13H18FN3/c1-4-11(8(2)3)17-12-7-9(14)5-6-10(12)16-13(17)15/h5-8,11H,4H2,1-3H3,(H2,15,16). The molecule has 1 heterocycles. The number of hydrogen-bond donors (Lipinski definition) is 1. The van der Waals surface area contributed by atoms with Crippen LogP contribution in [0.1, 0.15) is 33.2 Å². The number of nitrogens with two attached hydrogens (primary N) is 1. The number of aromatic nitrogens is 2. The predicted molar refractivity (Wildman–Crippen MR) is 68.3 cm³/mol. The van der Waals surface area contributed by atoms with E-state index in [9.17, 15) is 4.39 Å². The molecule has 2 N–H and O–H groups in total. The third-order valence-electron chi connectivity index (χ3n) is 3.20. The van der Waals surface area contributed by atoms with Crippen LogP contribution in [0.3, 0.4) is 0 Å². The van der Waals surface area contributed by atoms with Crippen LogP contribution in [0.2, 0.25) is 0 Å². The minimum atomic E-state index is -0.253. The molecule has 4 heteroatoms. The molecule has 17 heavy (non-hydrogen) atoms. The second kappa shape index (κ2) is 4.35. The predicted octanol–water partition coefficient (Wildman–Crippen LogP) is 3.36. The van der Waals surface area contributed by atoms with Gasteiger partial charge in [0.1, 0.15) is 5.82 Å². The van der Waals surface area contributed by atoms with Gasteiger partial charge in [0.2, 0.25) is 5.95 Å². The third kappa shape index (κ3) is 1.99. The minimum Gasteiger partial charge on any atom is -0.369 e. The molecule has 0 saturated heterocycles. The summed E-state index contributed by atoms with van der Waals surface area (Å²) in [4.78, 5) is 4.28. The van der Waals surface area contributed by atoms with Crippen LogP contribution in [0, 0.1) is 11.7 Å².